The van der Waals surface area contributed by atoms with Gasteiger partial charge < -0.3 is 14.6 Å². The molecule has 0 rings (SSSR count). The number of carbonyl (C=O) groups excluding carboxylic acids is 1. The molecule has 0 bridgehead atoms. The summed E-state index contributed by atoms with van der Waals surface area (Å²) in [5.41, 5.74) is 0. The van der Waals surface area contributed by atoms with Crippen molar-refractivity contribution in [2.75, 3.05) is 14.2 Å². The van der Waals surface area contributed by atoms with Crippen molar-refractivity contribution in [2.45, 2.75) is 0 Å². The van der Waals surface area contributed by atoms with Gasteiger partial charge in [0.05, 0.1) is 14.2 Å². The van der Waals surface area contributed by atoms with E-state index in [4.69, 9.17) is 5.11 Å². The fraction of sp³-hybridized carbons (Fsp3) is 0.400. The van der Waals surface area contributed by atoms with Crippen molar-refractivity contribution in [3.63, 3.8) is 0 Å². The van der Waals surface area contributed by atoms with E-state index in [1.54, 1.807) is 0 Å². The zero-order chi connectivity index (χ0) is 7.28. The molecule has 0 saturated heterocycles. The molecule has 53 valence electrons. The quantitative estimate of drug-likeness (QED) is 0.260. The third kappa shape index (κ3) is 3.76. The average Bonchev–Trinajstić information content (AvgIpc) is 1.90. The first-order valence-electron chi connectivity index (χ1n) is 2.23. The van der Waals surface area contributed by atoms with Crippen molar-refractivity contribution in [1.29, 1.82) is 0 Å². The summed E-state index contributed by atoms with van der Waals surface area (Å²) in [6, 6.07) is 0. The Morgan fingerprint density at radius 3 is 2.00 bits per heavy atom. The van der Waals surface area contributed by atoms with Gasteiger partial charge in [-0.25, -0.2) is 4.79 Å². The maximum absolute atomic E-state index is 10.4. The molecule has 1 N–H and O–H groups in total. The van der Waals surface area contributed by atoms with Crippen molar-refractivity contribution in [3.05, 3.63) is 12.0 Å². The molecular weight excluding hydrogens is 147 g/mol. The Balaban J connectivity index is 0. The number of aliphatic hydroxyl groups excluding tert-OH is 1. The molecule has 5 heteroatoms. The topological polar surface area (TPSA) is 55.8 Å². The van der Waals surface area contributed by atoms with Crippen LogP contribution in [0.5, 0.6) is 0 Å². The van der Waals surface area contributed by atoms with Gasteiger partial charge in [-0.1, -0.05) is 0 Å². The summed E-state index contributed by atoms with van der Waals surface area (Å²) in [6.45, 7) is 0. The fourth-order valence-corrected chi connectivity index (χ4v) is 0.289. The molecule has 0 aliphatic heterocycles. The summed E-state index contributed by atoms with van der Waals surface area (Å²) in [6.07, 6.45) is 0.547. The summed E-state index contributed by atoms with van der Waals surface area (Å²) in [5, 5.41) is 8.24. The predicted molar refractivity (Wildman–Crippen MR) is 35.5 cm³/mol. The third-order valence-electron chi connectivity index (χ3n) is 0.724. The summed E-state index contributed by atoms with van der Waals surface area (Å²) < 4.78 is 8.59. The van der Waals surface area contributed by atoms with Crippen LogP contribution >= 0.6 is 0 Å². The van der Waals surface area contributed by atoms with Crippen molar-refractivity contribution in [3.8, 4) is 0 Å². The molecule has 0 aromatic heterocycles. The van der Waals surface area contributed by atoms with Gasteiger partial charge in [0.2, 0.25) is 5.76 Å². The summed E-state index contributed by atoms with van der Waals surface area (Å²) in [7, 11) is 2.46. The summed E-state index contributed by atoms with van der Waals surface area (Å²) >= 11 is 0. The SMILES string of the molecule is COC(=O)C(=CO)OC.[Na]. The van der Waals surface area contributed by atoms with Crippen LogP contribution in [0.1, 0.15) is 0 Å². The zero-order valence-corrected chi connectivity index (χ0v) is 8.25. The molecule has 0 fully saturated rings. The van der Waals surface area contributed by atoms with E-state index in [-0.39, 0.29) is 35.3 Å². The average molecular weight is 155 g/mol. The first kappa shape index (κ1) is 12.5. The Bertz CT molecular complexity index is 132. The van der Waals surface area contributed by atoms with Gasteiger partial charge in [0.1, 0.15) is 6.26 Å². The minimum Gasteiger partial charge on any atom is -0.511 e. The number of ether oxygens (including phenoxy) is 2. The first-order chi connectivity index (χ1) is 4.26. The van der Waals surface area contributed by atoms with Crippen LogP contribution in [-0.4, -0.2) is 54.9 Å². The summed E-state index contributed by atoms with van der Waals surface area (Å²) in [5.74, 6) is -0.905. The molecule has 0 aliphatic carbocycles. The monoisotopic (exact) mass is 155 g/mol. The Morgan fingerprint density at radius 1 is 1.40 bits per heavy atom. The molecule has 0 unspecified atom stereocenters. The Morgan fingerprint density at radius 2 is 1.90 bits per heavy atom. The van der Waals surface area contributed by atoms with Gasteiger partial charge in [0, 0.05) is 29.6 Å². The second-order valence-corrected chi connectivity index (χ2v) is 1.19. The van der Waals surface area contributed by atoms with Crippen LogP contribution in [0.25, 0.3) is 0 Å². The van der Waals surface area contributed by atoms with Gasteiger partial charge in [-0.15, -0.1) is 0 Å². The number of esters is 1. The minimum atomic E-state index is -0.694. The van der Waals surface area contributed by atoms with Crippen LogP contribution in [0.15, 0.2) is 12.0 Å². The zero-order valence-electron chi connectivity index (χ0n) is 6.25. The number of hydrogen-bond acceptors (Lipinski definition) is 4. The van der Waals surface area contributed by atoms with Crippen LogP contribution in [0, 0.1) is 0 Å². The maximum Gasteiger partial charge on any atom is 0.376 e. The molecule has 0 amide bonds. The van der Waals surface area contributed by atoms with Crippen molar-refractivity contribution >= 4 is 35.5 Å². The number of hydrogen-bond donors (Lipinski definition) is 1. The molecular formula is C5H8NaO4. The van der Waals surface area contributed by atoms with Crippen molar-refractivity contribution in [2.24, 2.45) is 0 Å². The fourth-order valence-electron chi connectivity index (χ4n) is 0.289. The second kappa shape index (κ2) is 6.92. The third-order valence-corrected chi connectivity index (χ3v) is 0.724. The number of methoxy groups -OCH3 is 2. The molecule has 0 aliphatic rings. The van der Waals surface area contributed by atoms with Gasteiger partial charge in [-0.05, 0) is 0 Å². The van der Waals surface area contributed by atoms with E-state index in [9.17, 15) is 4.79 Å². The number of carbonyl (C=O) groups is 1. The first-order valence-corrected chi connectivity index (χ1v) is 2.23. The molecule has 0 aromatic carbocycles. The molecule has 0 heterocycles. The Kier molecular flexibility index (Phi) is 8.64. The Labute approximate surface area is 81.1 Å². The standard InChI is InChI=1S/C5H8O4.Na/c1-8-4(3-6)5(7)9-2;/h3,6H,1-2H3;. The normalized spacial score (nSPS) is 9.60. The maximum atomic E-state index is 10.4. The molecule has 1 radical (unpaired) electrons. The van der Waals surface area contributed by atoms with Crippen LogP contribution < -0.4 is 0 Å². The summed E-state index contributed by atoms with van der Waals surface area (Å²) in [4.78, 5) is 10.4. The van der Waals surface area contributed by atoms with Crippen molar-refractivity contribution < 1.29 is 19.4 Å². The van der Waals surface area contributed by atoms with E-state index in [0.717, 1.165) is 0 Å². The van der Waals surface area contributed by atoms with E-state index in [1.807, 2.05) is 0 Å². The molecule has 10 heavy (non-hydrogen) atoms. The minimum absolute atomic E-state index is 0. The second-order valence-electron chi connectivity index (χ2n) is 1.19. The number of aliphatic hydroxyl groups is 1. The largest absolute Gasteiger partial charge is 0.511 e. The van der Waals surface area contributed by atoms with Crippen molar-refractivity contribution in [1.82, 2.24) is 0 Å². The number of rotatable bonds is 2. The molecule has 0 spiro atoms. The van der Waals surface area contributed by atoms with Gasteiger partial charge in [-0.3, -0.25) is 0 Å². The van der Waals surface area contributed by atoms with E-state index >= 15 is 0 Å². The Hall–Kier alpha value is -0.190. The molecule has 0 atom stereocenters. The van der Waals surface area contributed by atoms with Gasteiger partial charge in [-0.2, -0.15) is 0 Å². The smallest absolute Gasteiger partial charge is 0.376 e. The molecule has 4 nitrogen and oxygen atoms in total. The van der Waals surface area contributed by atoms with Gasteiger partial charge in [0.25, 0.3) is 0 Å². The van der Waals surface area contributed by atoms with E-state index in [2.05, 4.69) is 9.47 Å². The molecule has 0 saturated carbocycles. The van der Waals surface area contributed by atoms with Gasteiger partial charge >= 0.3 is 5.97 Å². The van der Waals surface area contributed by atoms with E-state index < -0.39 is 5.97 Å². The predicted octanol–water partition coefficient (Wildman–Crippen LogP) is -0.176. The van der Waals surface area contributed by atoms with Gasteiger partial charge in [0.15, 0.2) is 0 Å². The van der Waals surface area contributed by atoms with Crippen LogP contribution in [0.2, 0.25) is 0 Å². The van der Waals surface area contributed by atoms with Crippen LogP contribution in [0.4, 0.5) is 0 Å². The van der Waals surface area contributed by atoms with E-state index in [1.165, 1.54) is 14.2 Å². The van der Waals surface area contributed by atoms with E-state index in [0.29, 0.717) is 6.26 Å². The van der Waals surface area contributed by atoms with Crippen LogP contribution in [-0.2, 0) is 14.3 Å². The molecule has 0 aromatic rings. The van der Waals surface area contributed by atoms with Crippen LogP contribution in [0.3, 0.4) is 0 Å².